The zero-order valence-electron chi connectivity index (χ0n) is 20.5. The molecule has 0 saturated heterocycles. The molecule has 2 N–H and O–H groups in total. The van der Waals surface area contributed by atoms with Crippen molar-refractivity contribution in [3.05, 3.63) is 84.2 Å². The second-order valence-electron chi connectivity index (χ2n) is 8.47. The largest absolute Gasteiger partial charge is 0.390 e. The van der Waals surface area contributed by atoms with Crippen molar-refractivity contribution < 1.29 is 31.1 Å². The molecule has 3 aromatic rings. The van der Waals surface area contributed by atoms with E-state index < -0.39 is 45.1 Å². The number of likely N-dealkylation sites (N-methyl/N-ethyl adjacent to an activating group) is 1. The molecule has 3 rings (SSSR count). The minimum atomic E-state index is -4.17. The van der Waals surface area contributed by atoms with Crippen LogP contribution in [0.25, 0.3) is 0 Å². The average Bonchev–Trinajstić information content (AvgIpc) is 2.83. The van der Waals surface area contributed by atoms with Crippen LogP contribution in [0.2, 0.25) is 0 Å². The smallest absolute Gasteiger partial charge is 0.264 e. The number of amides is 1. The molecular weight excluding hydrogens is 521 g/mol. The summed E-state index contributed by atoms with van der Waals surface area (Å²) in [6.07, 6.45) is -1.43. The van der Waals surface area contributed by atoms with Gasteiger partial charge in [-0.3, -0.25) is 9.10 Å². The van der Waals surface area contributed by atoms with E-state index in [1.54, 1.807) is 12.1 Å². The highest BCUT2D eigenvalue weighted by atomic mass is 32.2. The molecular formula is C25H28FN3O6S2. The molecule has 1 unspecified atom stereocenters. The van der Waals surface area contributed by atoms with Crippen molar-refractivity contribution in [1.82, 2.24) is 4.31 Å². The Morgan fingerprint density at radius 1 is 0.865 bits per heavy atom. The first-order valence-corrected chi connectivity index (χ1v) is 14.1. The van der Waals surface area contributed by atoms with Crippen LogP contribution in [0.1, 0.15) is 12.5 Å². The molecule has 0 heterocycles. The third-order valence-corrected chi connectivity index (χ3v) is 9.10. The zero-order valence-corrected chi connectivity index (χ0v) is 22.1. The van der Waals surface area contributed by atoms with Crippen LogP contribution >= 0.6 is 0 Å². The first-order chi connectivity index (χ1) is 17.3. The molecule has 0 radical (unpaired) electrons. The first kappa shape index (κ1) is 28.3. The predicted octanol–water partition coefficient (Wildman–Crippen LogP) is 2.97. The summed E-state index contributed by atoms with van der Waals surface area (Å²) in [6, 6.07) is 16.3. The summed E-state index contributed by atoms with van der Waals surface area (Å²) in [5, 5.41) is 13.3. The Morgan fingerprint density at radius 3 is 1.92 bits per heavy atom. The van der Waals surface area contributed by atoms with Crippen LogP contribution in [0.5, 0.6) is 0 Å². The van der Waals surface area contributed by atoms with Crippen LogP contribution in [0.4, 0.5) is 15.8 Å². The summed E-state index contributed by atoms with van der Waals surface area (Å²) >= 11 is 0. The SMILES string of the molecule is CC(=O)Nc1ccc(S(=O)(=O)N(C)CC(O)CN(c2ccc(F)cc2)S(=O)(=O)c2ccc(C)cc2)cc1. The summed E-state index contributed by atoms with van der Waals surface area (Å²) in [5.41, 5.74) is 1.38. The van der Waals surface area contributed by atoms with Gasteiger partial charge in [0, 0.05) is 26.2 Å². The van der Waals surface area contributed by atoms with Gasteiger partial charge in [-0.05, 0) is 67.6 Å². The second-order valence-corrected chi connectivity index (χ2v) is 12.4. The van der Waals surface area contributed by atoms with Crippen molar-refractivity contribution in [2.75, 3.05) is 29.8 Å². The fourth-order valence-electron chi connectivity index (χ4n) is 3.52. The molecule has 1 amide bonds. The van der Waals surface area contributed by atoms with Gasteiger partial charge >= 0.3 is 0 Å². The van der Waals surface area contributed by atoms with E-state index in [4.69, 9.17) is 0 Å². The van der Waals surface area contributed by atoms with Gasteiger partial charge in [-0.1, -0.05) is 17.7 Å². The fourth-order valence-corrected chi connectivity index (χ4v) is 6.23. The van der Waals surface area contributed by atoms with Crippen LogP contribution in [-0.4, -0.2) is 58.4 Å². The Morgan fingerprint density at radius 2 is 1.38 bits per heavy atom. The van der Waals surface area contributed by atoms with Gasteiger partial charge in [0.1, 0.15) is 5.82 Å². The number of rotatable bonds is 10. The van der Waals surface area contributed by atoms with Crippen molar-refractivity contribution in [3.8, 4) is 0 Å². The van der Waals surface area contributed by atoms with Crippen LogP contribution in [0.3, 0.4) is 0 Å². The highest BCUT2D eigenvalue weighted by molar-refractivity contribution is 7.92. The molecule has 0 bridgehead atoms. The topological polar surface area (TPSA) is 124 Å². The number of nitrogens with one attached hydrogen (secondary N) is 1. The Balaban J connectivity index is 1.83. The number of anilines is 2. The molecule has 12 heteroatoms. The summed E-state index contributed by atoms with van der Waals surface area (Å²) in [6.45, 7) is 2.23. The number of benzene rings is 3. The Kier molecular flexibility index (Phi) is 8.69. The first-order valence-electron chi connectivity index (χ1n) is 11.2. The Labute approximate surface area is 216 Å². The molecule has 0 aromatic heterocycles. The molecule has 0 fully saturated rings. The molecule has 0 aliphatic carbocycles. The Bertz CT molecular complexity index is 1440. The van der Waals surface area contributed by atoms with Crippen molar-refractivity contribution in [2.45, 2.75) is 29.7 Å². The van der Waals surface area contributed by atoms with Gasteiger partial charge in [-0.15, -0.1) is 0 Å². The van der Waals surface area contributed by atoms with Gasteiger partial charge < -0.3 is 10.4 Å². The van der Waals surface area contributed by atoms with E-state index in [2.05, 4.69) is 5.32 Å². The van der Waals surface area contributed by atoms with E-state index in [0.29, 0.717) is 5.69 Å². The highest BCUT2D eigenvalue weighted by Gasteiger charge is 2.30. The molecule has 198 valence electrons. The average molecular weight is 550 g/mol. The lowest BCUT2D eigenvalue weighted by Crippen LogP contribution is -2.43. The number of nitrogens with zero attached hydrogens (tertiary/aromatic N) is 2. The van der Waals surface area contributed by atoms with E-state index >= 15 is 0 Å². The lowest BCUT2D eigenvalue weighted by Gasteiger charge is -2.28. The maximum Gasteiger partial charge on any atom is 0.264 e. The minimum Gasteiger partial charge on any atom is -0.390 e. The van der Waals surface area contributed by atoms with Gasteiger partial charge in [-0.2, -0.15) is 4.31 Å². The molecule has 0 aliphatic heterocycles. The van der Waals surface area contributed by atoms with Crippen molar-refractivity contribution in [1.29, 1.82) is 0 Å². The zero-order chi connectivity index (χ0) is 27.4. The molecule has 9 nitrogen and oxygen atoms in total. The predicted molar refractivity (Wildman–Crippen MR) is 139 cm³/mol. The fraction of sp³-hybridized carbons (Fsp3) is 0.240. The molecule has 3 aromatic carbocycles. The van der Waals surface area contributed by atoms with Crippen LogP contribution in [0, 0.1) is 12.7 Å². The lowest BCUT2D eigenvalue weighted by atomic mass is 10.2. The van der Waals surface area contributed by atoms with Crippen LogP contribution < -0.4 is 9.62 Å². The van der Waals surface area contributed by atoms with E-state index in [0.717, 1.165) is 26.3 Å². The minimum absolute atomic E-state index is 0.0325. The summed E-state index contributed by atoms with van der Waals surface area (Å²) < 4.78 is 68.2. The number of aryl methyl sites for hydroxylation is 1. The van der Waals surface area contributed by atoms with E-state index in [1.807, 2.05) is 6.92 Å². The van der Waals surface area contributed by atoms with Gasteiger partial charge in [0.15, 0.2) is 0 Å². The van der Waals surface area contributed by atoms with Gasteiger partial charge in [0.2, 0.25) is 15.9 Å². The monoisotopic (exact) mass is 549 g/mol. The van der Waals surface area contributed by atoms with Gasteiger partial charge in [0.25, 0.3) is 10.0 Å². The lowest BCUT2D eigenvalue weighted by molar-refractivity contribution is -0.114. The Hall–Kier alpha value is -3.32. The third kappa shape index (κ3) is 6.92. The highest BCUT2D eigenvalue weighted by Crippen LogP contribution is 2.25. The van der Waals surface area contributed by atoms with E-state index in [-0.39, 0.29) is 21.4 Å². The molecule has 0 saturated carbocycles. The molecule has 0 spiro atoms. The number of carbonyl (C=O) groups is 1. The van der Waals surface area contributed by atoms with Gasteiger partial charge in [-0.25, -0.2) is 21.2 Å². The van der Waals surface area contributed by atoms with Crippen molar-refractivity contribution in [3.63, 3.8) is 0 Å². The normalized spacial score (nSPS) is 12.8. The second kappa shape index (κ2) is 11.4. The number of carbonyl (C=O) groups excluding carboxylic acids is 1. The number of aliphatic hydroxyl groups is 1. The maximum absolute atomic E-state index is 13.5. The van der Waals surface area contributed by atoms with Crippen LogP contribution in [-0.2, 0) is 24.8 Å². The standard InChI is InChI=1S/C25H28FN3O6S2/c1-18-4-12-25(13-5-18)37(34,35)29(22-10-6-20(26)7-11-22)17-23(31)16-28(3)36(32,33)24-14-8-21(9-15-24)27-19(2)30/h4-15,23,31H,16-17H2,1-3H3,(H,27,30). The quantitative estimate of drug-likeness (QED) is 0.401. The number of sulfonamides is 2. The van der Waals surface area contributed by atoms with Crippen molar-refractivity contribution >= 4 is 37.3 Å². The number of halogens is 1. The summed E-state index contributed by atoms with van der Waals surface area (Å²) in [4.78, 5) is 11.1. The summed E-state index contributed by atoms with van der Waals surface area (Å²) in [5.74, 6) is -0.866. The number of hydrogen-bond donors (Lipinski definition) is 2. The molecule has 0 aliphatic rings. The van der Waals surface area contributed by atoms with E-state index in [9.17, 15) is 31.1 Å². The van der Waals surface area contributed by atoms with E-state index in [1.165, 1.54) is 62.5 Å². The molecule has 1 atom stereocenters. The maximum atomic E-state index is 13.5. The molecule has 37 heavy (non-hydrogen) atoms. The van der Waals surface area contributed by atoms with Crippen LogP contribution in [0.15, 0.2) is 82.6 Å². The van der Waals surface area contributed by atoms with Crippen molar-refractivity contribution in [2.24, 2.45) is 0 Å². The number of hydrogen-bond acceptors (Lipinski definition) is 6. The third-order valence-electron chi connectivity index (χ3n) is 5.45. The van der Waals surface area contributed by atoms with Gasteiger partial charge in [0.05, 0.1) is 28.1 Å². The number of aliphatic hydroxyl groups excluding tert-OH is 1. The summed E-state index contributed by atoms with van der Waals surface area (Å²) in [7, 11) is -6.94.